The van der Waals surface area contributed by atoms with Gasteiger partial charge in [-0.2, -0.15) is 0 Å². The SMILES string of the molecule is COC(=O)C1COC(C)(C)N1C(=O)O. The Morgan fingerprint density at radius 2 is 2.14 bits per heavy atom. The zero-order chi connectivity index (χ0) is 10.9. The van der Waals surface area contributed by atoms with E-state index >= 15 is 0 Å². The van der Waals surface area contributed by atoms with Gasteiger partial charge in [0.2, 0.25) is 0 Å². The molecule has 1 aliphatic heterocycles. The number of carboxylic acid groups (broad SMARTS) is 1. The van der Waals surface area contributed by atoms with Crippen molar-refractivity contribution < 1.29 is 24.2 Å². The summed E-state index contributed by atoms with van der Waals surface area (Å²) in [5, 5.41) is 8.90. The molecular weight excluding hydrogens is 190 g/mol. The van der Waals surface area contributed by atoms with Crippen LogP contribution in [0.15, 0.2) is 0 Å². The first-order valence-corrected chi connectivity index (χ1v) is 4.14. The Labute approximate surface area is 81.4 Å². The first-order chi connectivity index (χ1) is 6.40. The fourth-order valence-corrected chi connectivity index (χ4v) is 1.48. The van der Waals surface area contributed by atoms with Crippen LogP contribution in [0.2, 0.25) is 0 Å². The Balaban J connectivity index is 2.90. The van der Waals surface area contributed by atoms with Crippen LogP contribution >= 0.6 is 0 Å². The maximum Gasteiger partial charge on any atom is 0.410 e. The van der Waals surface area contributed by atoms with Crippen LogP contribution in [0.25, 0.3) is 0 Å². The van der Waals surface area contributed by atoms with Crippen LogP contribution in [0.4, 0.5) is 4.79 Å². The molecule has 1 aliphatic rings. The van der Waals surface area contributed by atoms with Gasteiger partial charge in [0.25, 0.3) is 0 Å². The Morgan fingerprint density at radius 1 is 1.57 bits per heavy atom. The monoisotopic (exact) mass is 203 g/mol. The number of methoxy groups -OCH3 is 1. The van der Waals surface area contributed by atoms with E-state index in [-0.39, 0.29) is 6.61 Å². The minimum Gasteiger partial charge on any atom is -0.467 e. The minimum atomic E-state index is -1.19. The van der Waals surface area contributed by atoms with Crippen LogP contribution in [0.1, 0.15) is 13.8 Å². The summed E-state index contributed by atoms with van der Waals surface area (Å²) in [5.74, 6) is -0.599. The van der Waals surface area contributed by atoms with Crippen molar-refractivity contribution in [2.75, 3.05) is 13.7 Å². The van der Waals surface area contributed by atoms with E-state index in [2.05, 4.69) is 4.74 Å². The summed E-state index contributed by atoms with van der Waals surface area (Å²) in [6.45, 7) is 3.21. The molecule has 0 aliphatic carbocycles. The number of hydrogen-bond acceptors (Lipinski definition) is 4. The molecule has 6 nitrogen and oxygen atoms in total. The largest absolute Gasteiger partial charge is 0.467 e. The Bertz CT molecular complexity index is 262. The summed E-state index contributed by atoms with van der Waals surface area (Å²) in [7, 11) is 1.22. The number of ether oxygens (including phenoxy) is 2. The molecule has 14 heavy (non-hydrogen) atoms. The van der Waals surface area contributed by atoms with Gasteiger partial charge < -0.3 is 14.6 Å². The van der Waals surface area contributed by atoms with E-state index in [0.29, 0.717) is 0 Å². The van der Waals surface area contributed by atoms with Gasteiger partial charge >= 0.3 is 12.1 Å². The van der Waals surface area contributed by atoms with Crippen LogP contribution < -0.4 is 0 Å². The molecule has 1 heterocycles. The average molecular weight is 203 g/mol. The molecule has 1 N–H and O–H groups in total. The Hall–Kier alpha value is -1.30. The van der Waals surface area contributed by atoms with Gasteiger partial charge in [0.05, 0.1) is 13.7 Å². The van der Waals surface area contributed by atoms with E-state index in [0.717, 1.165) is 4.90 Å². The predicted octanol–water partition coefficient (Wildman–Crippen LogP) is 0.274. The van der Waals surface area contributed by atoms with E-state index in [4.69, 9.17) is 9.84 Å². The van der Waals surface area contributed by atoms with E-state index in [1.807, 2.05) is 0 Å². The summed E-state index contributed by atoms with van der Waals surface area (Å²) in [6.07, 6.45) is -1.19. The van der Waals surface area contributed by atoms with Gasteiger partial charge in [0.1, 0.15) is 5.72 Å². The summed E-state index contributed by atoms with van der Waals surface area (Å²) in [4.78, 5) is 23.1. The number of hydrogen-bond donors (Lipinski definition) is 1. The van der Waals surface area contributed by atoms with Crippen molar-refractivity contribution >= 4 is 12.1 Å². The summed E-state index contributed by atoms with van der Waals surface area (Å²) < 4.78 is 9.68. The molecule has 1 fully saturated rings. The third kappa shape index (κ3) is 1.65. The van der Waals surface area contributed by atoms with Gasteiger partial charge in [-0.25, -0.2) is 9.59 Å². The smallest absolute Gasteiger partial charge is 0.410 e. The average Bonchev–Trinajstić information content (AvgIpc) is 2.39. The maximum atomic E-state index is 11.2. The summed E-state index contributed by atoms with van der Waals surface area (Å²) >= 11 is 0. The molecule has 0 bridgehead atoms. The third-order valence-electron chi connectivity index (χ3n) is 2.17. The number of rotatable bonds is 1. The number of carbonyl (C=O) groups is 2. The maximum absolute atomic E-state index is 11.2. The van der Waals surface area contributed by atoms with E-state index in [1.54, 1.807) is 13.8 Å². The van der Waals surface area contributed by atoms with E-state index < -0.39 is 23.8 Å². The molecule has 1 rings (SSSR count). The van der Waals surface area contributed by atoms with Crippen LogP contribution in [-0.2, 0) is 14.3 Å². The molecule has 1 amide bonds. The highest BCUT2D eigenvalue weighted by Gasteiger charge is 2.47. The molecule has 1 atom stereocenters. The zero-order valence-corrected chi connectivity index (χ0v) is 8.31. The van der Waals surface area contributed by atoms with Crippen molar-refractivity contribution in [1.29, 1.82) is 0 Å². The second-order valence-corrected chi connectivity index (χ2v) is 3.45. The van der Waals surface area contributed by atoms with Crippen molar-refractivity contribution in [3.05, 3.63) is 0 Å². The fourth-order valence-electron chi connectivity index (χ4n) is 1.48. The van der Waals surface area contributed by atoms with Crippen LogP contribution in [0, 0.1) is 0 Å². The minimum absolute atomic E-state index is 0.0337. The first kappa shape index (κ1) is 10.8. The third-order valence-corrected chi connectivity index (χ3v) is 2.17. The van der Waals surface area contributed by atoms with Crippen molar-refractivity contribution in [2.24, 2.45) is 0 Å². The molecule has 0 aromatic rings. The normalized spacial score (nSPS) is 24.8. The molecule has 0 aromatic heterocycles. The number of nitrogens with zero attached hydrogens (tertiary/aromatic N) is 1. The number of esters is 1. The molecule has 0 radical (unpaired) electrons. The van der Waals surface area contributed by atoms with Crippen LogP contribution in [0.5, 0.6) is 0 Å². The van der Waals surface area contributed by atoms with E-state index in [9.17, 15) is 9.59 Å². The summed E-state index contributed by atoms with van der Waals surface area (Å²) in [5.41, 5.74) is -0.981. The Morgan fingerprint density at radius 3 is 2.57 bits per heavy atom. The van der Waals surface area contributed by atoms with Gasteiger partial charge in [0, 0.05) is 0 Å². The predicted molar refractivity (Wildman–Crippen MR) is 45.7 cm³/mol. The molecular formula is C8H13NO5. The molecule has 1 unspecified atom stereocenters. The quantitative estimate of drug-likeness (QED) is 0.619. The lowest BCUT2D eigenvalue weighted by Crippen LogP contribution is -2.50. The molecule has 6 heteroatoms. The zero-order valence-electron chi connectivity index (χ0n) is 8.31. The van der Waals surface area contributed by atoms with Crippen molar-refractivity contribution in [3.63, 3.8) is 0 Å². The molecule has 1 saturated heterocycles. The second-order valence-electron chi connectivity index (χ2n) is 3.45. The Kier molecular flexibility index (Phi) is 2.66. The highest BCUT2D eigenvalue weighted by Crippen LogP contribution is 2.27. The topological polar surface area (TPSA) is 76.1 Å². The lowest BCUT2D eigenvalue weighted by atomic mass is 10.2. The lowest BCUT2D eigenvalue weighted by Gasteiger charge is -2.29. The summed E-state index contributed by atoms with van der Waals surface area (Å²) in [6, 6.07) is -0.868. The molecule has 0 spiro atoms. The van der Waals surface area contributed by atoms with Gasteiger partial charge in [-0.1, -0.05) is 0 Å². The number of carbonyl (C=O) groups excluding carboxylic acids is 1. The molecule has 80 valence electrons. The number of amides is 1. The standard InChI is InChI=1S/C8H13NO5/c1-8(2)9(7(11)12)5(4-14-8)6(10)13-3/h5H,4H2,1-3H3,(H,11,12). The van der Waals surface area contributed by atoms with Gasteiger partial charge in [-0.15, -0.1) is 0 Å². The van der Waals surface area contributed by atoms with Crippen LogP contribution in [0.3, 0.4) is 0 Å². The lowest BCUT2D eigenvalue weighted by molar-refractivity contribution is -0.145. The first-order valence-electron chi connectivity index (χ1n) is 4.14. The van der Waals surface area contributed by atoms with Crippen molar-refractivity contribution in [2.45, 2.75) is 25.6 Å². The molecule has 0 aromatic carbocycles. The van der Waals surface area contributed by atoms with Crippen molar-refractivity contribution in [3.8, 4) is 0 Å². The van der Waals surface area contributed by atoms with Crippen LogP contribution in [-0.4, -0.2) is 47.6 Å². The van der Waals surface area contributed by atoms with Gasteiger partial charge in [-0.3, -0.25) is 4.90 Å². The highest BCUT2D eigenvalue weighted by molar-refractivity contribution is 5.81. The highest BCUT2D eigenvalue weighted by atomic mass is 16.6. The van der Waals surface area contributed by atoms with E-state index in [1.165, 1.54) is 7.11 Å². The van der Waals surface area contributed by atoms with Crippen molar-refractivity contribution in [1.82, 2.24) is 4.90 Å². The van der Waals surface area contributed by atoms with Gasteiger partial charge in [-0.05, 0) is 13.8 Å². The second kappa shape index (κ2) is 3.45. The fraction of sp³-hybridized carbons (Fsp3) is 0.750. The van der Waals surface area contributed by atoms with Gasteiger partial charge in [0.15, 0.2) is 6.04 Å². The molecule has 0 saturated carbocycles.